The summed E-state index contributed by atoms with van der Waals surface area (Å²) in [6.45, 7) is 20.2. The van der Waals surface area contributed by atoms with E-state index in [-0.39, 0.29) is 37.3 Å². The molecule has 0 aliphatic heterocycles. The van der Waals surface area contributed by atoms with E-state index >= 15 is 0 Å². The molecule has 0 N–H and O–H groups in total. The number of hydrogen-bond acceptors (Lipinski definition) is 2. The van der Waals surface area contributed by atoms with Crippen molar-refractivity contribution in [1.82, 2.24) is 18.7 Å². The van der Waals surface area contributed by atoms with Gasteiger partial charge >= 0.3 is 0 Å². The Morgan fingerprint density at radius 1 is 0.556 bits per heavy atom. The van der Waals surface area contributed by atoms with Gasteiger partial charge in [0.1, 0.15) is 11.5 Å². The third-order valence-electron chi connectivity index (χ3n) is 10.2. The monoisotopic (exact) mass is 890 g/mol. The van der Waals surface area contributed by atoms with E-state index in [2.05, 4.69) is 192 Å². The molecule has 3 heterocycles. The molecular weight excluding hydrogens is 844 g/mol. The molecule has 0 unspecified atom stereocenters. The summed E-state index contributed by atoms with van der Waals surface area (Å²) in [5, 5.41) is 2.27. The maximum Gasteiger partial charge on any atom is 0.168 e. The molecule has 6 heteroatoms. The van der Waals surface area contributed by atoms with E-state index in [1.807, 2.05) is 18.3 Å². The first-order valence-corrected chi connectivity index (χ1v) is 18.5. The molecule has 3 aromatic heterocycles. The second-order valence-electron chi connectivity index (χ2n) is 17.2. The molecule has 5 aromatic carbocycles. The van der Waals surface area contributed by atoms with Crippen molar-refractivity contribution in [1.29, 1.82) is 0 Å². The average Bonchev–Trinajstić information content (AvgIpc) is 3.67. The van der Waals surface area contributed by atoms with Crippen molar-refractivity contribution in [2.75, 3.05) is 0 Å². The molecule has 8 aromatic rings. The number of rotatable bonds is 5. The summed E-state index contributed by atoms with van der Waals surface area (Å²) in [6.07, 6.45) is 4.06. The van der Waals surface area contributed by atoms with Crippen LogP contribution >= 0.6 is 0 Å². The van der Waals surface area contributed by atoms with Crippen molar-refractivity contribution in [3.05, 3.63) is 151 Å². The van der Waals surface area contributed by atoms with Gasteiger partial charge in [0.25, 0.3) is 0 Å². The van der Waals surface area contributed by atoms with E-state index in [1.54, 1.807) is 0 Å². The van der Waals surface area contributed by atoms with Crippen LogP contribution in [0.2, 0.25) is 0 Å². The number of hydrogen-bond donors (Lipinski definition) is 0. The van der Waals surface area contributed by atoms with E-state index in [0.29, 0.717) is 11.5 Å². The van der Waals surface area contributed by atoms with Gasteiger partial charge in [0.15, 0.2) is 17.4 Å². The third kappa shape index (κ3) is 6.91. The molecule has 0 bridgehead atoms. The zero-order valence-electron chi connectivity index (χ0n) is 32.6. The minimum absolute atomic E-state index is 0. The number of aromatic nitrogens is 4. The predicted molar refractivity (Wildman–Crippen MR) is 219 cm³/mol. The molecule has 0 aliphatic carbocycles. The van der Waals surface area contributed by atoms with Crippen LogP contribution in [0.1, 0.15) is 79.0 Å². The Kier molecular flexibility index (Phi) is 9.47. The minimum Gasteiger partial charge on any atom is -0.508 e. The van der Waals surface area contributed by atoms with Crippen LogP contribution in [-0.4, -0.2) is 18.7 Å². The second-order valence-corrected chi connectivity index (χ2v) is 17.2. The van der Waals surface area contributed by atoms with Gasteiger partial charge in [0, 0.05) is 62.1 Å². The van der Waals surface area contributed by atoms with Crippen LogP contribution in [0, 0.1) is 12.1 Å². The molecule has 5 nitrogen and oxygen atoms in total. The molecule has 0 amide bonds. The third-order valence-corrected chi connectivity index (χ3v) is 10.2. The van der Waals surface area contributed by atoms with E-state index < -0.39 is 0 Å². The topological polar surface area (TPSA) is 36.9 Å². The Balaban J connectivity index is 0.00000450. The van der Waals surface area contributed by atoms with Crippen LogP contribution in [0.4, 0.5) is 0 Å². The standard InChI is InChI=1S/C48H47N4O.Pt/c1-46(2,3)32-19-21-39-40-22-20-37(30-44(40)52(43(39)27-32)45-28-33(23-24-49-45)47(4,5)6)53-38-26-34(48(7,8)9)25-36(29-38)51-31-50(35-15-11-10-12-16-35)41-17-13-14-18-42(41)51;/h10-28,31H,1-9H3;/q-1;. The molecule has 0 aliphatic rings. The Morgan fingerprint density at radius 3 is 1.87 bits per heavy atom. The predicted octanol–water partition coefficient (Wildman–Crippen LogP) is 12.5. The Morgan fingerprint density at radius 2 is 1.19 bits per heavy atom. The van der Waals surface area contributed by atoms with Gasteiger partial charge in [0.05, 0.1) is 0 Å². The van der Waals surface area contributed by atoms with Crippen LogP contribution in [0.5, 0.6) is 11.5 Å². The molecular formula is C48H47N4OPt-. The van der Waals surface area contributed by atoms with Crippen LogP contribution in [-0.2, 0) is 37.3 Å². The van der Waals surface area contributed by atoms with Gasteiger partial charge in [-0.05, 0) is 63.1 Å². The summed E-state index contributed by atoms with van der Waals surface area (Å²) in [5.41, 5.74) is 9.72. The first-order chi connectivity index (χ1) is 25.1. The van der Waals surface area contributed by atoms with Crippen molar-refractivity contribution in [3.63, 3.8) is 0 Å². The van der Waals surface area contributed by atoms with Crippen molar-refractivity contribution >= 4 is 32.8 Å². The first-order valence-electron chi connectivity index (χ1n) is 18.5. The number of para-hydroxylation sites is 3. The molecule has 54 heavy (non-hydrogen) atoms. The molecule has 0 spiro atoms. The van der Waals surface area contributed by atoms with E-state index in [1.165, 1.54) is 11.1 Å². The fraction of sp³-hybridized carbons (Fsp3) is 0.250. The average molecular weight is 891 g/mol. The normalized spacial score (nSPS) is 12.4. The van der Waals surface area contributed by atoms with Gasteiger partial charge in [-0.3, -0.25) is 0 Å². The van der Waals surface area contributed by atoms with Crippen molar-refractivity contribution in [3.8, 4) is 28.7 Å². The Labute approximate surface area is 333 Å². The van der Waals surface area contributed by atoms with Crippen molar-refractivity contribution in [2.24, 2.45) is 0 Å². The van der Waals surface area contributed by atoms with Crippen LogP contribution in [0.3, 0.4) is 0 Å². The summed E-state index contributed by atoms with van der Waals surface area (Å²) < 4.78 is 13.4. The molecule has 0 radical (unpaired) electrons. The van der Waals surface area contributed by atoms with Gasteiger partial charge in [0.2, 0.25) is 0 Å². The largest absolute Gasteiger partial charge is 0.508 e. The van der Waals surface area contributed by atoms with Gasteiger partial charge in [-0.1, -0.05) is 116 Å². The van der Waals surface area contributed by atoms with E-state index in [9.17, 15) is 0 Å². The van der Waals surface area contributed by atoms with Gasteiger partial charge in [-0.25, -0.2) is 9.55 Å². The summed E-state index contributed by atoms with van der Waals surface area (Å²) in [5.74, 6) is 2.12. The number of imidazole rings is 1. The summed E-state index contributed by atoms with van der Waals surface area (Å²) in [6, 6.07) is 45.9. The smallest absolute Gasteiger partial charge is 0.168 e. The number of benzene rings is 5. The fourth-order valence-corrected chi connectivity index (χ4v) is 7.06. The second kappa shape index (κ2) is 13.7. The quantitative estimate of drug-likeness (QED) is 0.161. The SMILES string of the molecule is CC(C)(C)c1cc(Oc2[c-]c3c(cc2)c2ccc(C(C)(C)C)cc2n3-c2cc(C(C)(C)C)ccn2)[c-]c(-n2[cH+]n(-c3ccccc3)c3ccccc32)c1.[Pt]. The molecule has 0 saturated carbocycles. The molecule has 276 valence electrons. The number of ether oxygens (including phenoxy) is 1. The minimum atomic E-state index is -0.130. The van der Waals surface area contributed by atoms with Crippen LogP contribution < -0.4 is 4.74 Å². The number of fused-ring (bicyclic) bond motifs is 4. The van der Waals surface area contributed by atoms with Crippen LogP contribution in [0.25, 0.3) is 50.0 Å². The van der Waals surface area contributed by atoms with Crippen molar-refractivity contribution in [2.45, 2.75) is 78.6 Å². The molecule has 0 atom stereocenters. The molecule has 8 rings (SSSR count). The maximum atomic E-state index is 6.77. The Hall–Kier alpha value is -4.99. The molecule has 0 fully saturated rings. The van der Waals surface area contributed by atoms with E-state index in [4.69, 9.17) is 9.72 Å². The fourth-order valence-electron chi connectivity index (χ4n) is 7.06. The van der Waals surface area contributed by atoms with E-state index in [0.717, 1.165) is 55.6 Å². The number of pyridine rings is 1. The maximum absolute atomic E-state index is 6.77. The number of nitrogens with zero attached hydrogens (tertiary/aromatic N) is 4. The summed E-state index contributed by atoms with van der Waals surface area (Å²) >= 11 is 0. The van der Waals surface area contributed by atoms with Crippen molar-refractivity contribution < 1.29 is 25.8 Å². The summed E-state index contributed by atoms with van der Waals surface area (Å²) in [4.78, 5) is 4.92. The van der Waals surface area contributed by atoms with Gasteiger partial charge in [-0.15, -0.1) is 35.2 Å². The summed E-state index contributed by atoms with van der Waals surface area (Å²) in [7, 11) is 0. The zero-order chi connectivity index (χ0) is 37.3. The zero-order valence-corrected chi connectivity index (χ0v) is 34.8. The Bertz CT molecular complexity index is 2650. The molecule has 0 saturated heterocycles. The first kappa shape index (κ1) is 37.3. The van der Waals surface area contributed by atoms with Gasteiger partial charge in [-0.2, -0.15) is 10.6 Å². The van der Waals surface area contributed by atoms with Gasteiger partial charge < -0.3 is 9.30 Å². The van der Waals surface area contributed by atoms with Crippen LogP contribution in [0.15, 0.2) is 122 Å².